The van der Waals surface area contributed by atoms with Crippen LogP contribution in [-0.4, -0.2) is 64.0 Å². The zero-order chi connectivity index (χ0) is 38.2. The summed E-state index contributed by atoms with van der Waals surface area (Å²) in [6.45, 7) is 10.8. The van der Waals surface area contributed by atoms with Crippen LogP contribution in [0.25, 0.3) is 0 Å². The molecule has 306 valence electrons. The van der Waals surface area contributed by atoms with E-state index in [-0.39, 0.29) is 35.9 Å². The number of hydrogen-bond acceptors (Lipinski definition) is 7. The number of carbonyl (C=O) groups excluding carboxylic acids is 2. The molecule has 0 bridgehead atoms. The van der Waals surface area contributed by atoms with Crippen LogP contribution < -0.4 is 16.0 Å². The lowest BCUT2D eigenvalue weighted by Crippen LogP contribution is -2.47. The summed E-state index contributed by atoms with van der Waals surface area (Å²) in [5.74, 6) is 0.133. The van der Waals surface area contributed by atoms with Crippen molar-refractivity contribution in [2.45, 2.75) is 245 Å². The van der Waals surface area contributed by atoms with Crippen LogP contribution in [0.2, 0.25) is 0 Å². The van der Waals surface area contributed by atoms with E-state index in [9.17, 15) is 9.59 Å². The Balaban J connectivity index is 0. The van der Waals surface area contributed by atoms with Gasteiger partial charge in [0.25, 0.3) is 0 Å². The molecule has 9 nitrogen and oxygen atoms in total. The Kier molecular flexibility index (Phi) is 42.2. The maximum Gasteiger partial charge on any atom is 0.221 e. The van der Waals surface area contributed by atoms with E-state index in [0.717, 1.165) is 32.1 Å². The molecule has 0 spiro atoms. The maximum atomic E-state index is 11.9. The van der Waals surface area contributed by atoms with Crippen molar-refractivity contribution in [2.24, 2.45) is 0 Å². The predicted molar refractivity (Wildman–Crippen MR) is 215 cm³/mol. The van der Waals surface area contributed by atoms with Crippen LogP contribution in [0.5, 0.6) is 0 Å². The minimum Gasteiger partial charge on any atom is -0.395 e. The van der Waals surface area contributed by atoms with E-state index in [1.54, 1.807) is 6.92 Å². The smallest absolute Gasteiger partial charge is 0.221 e. The average Bonchev–Trinajstić information content (AvgIpc) is 3.12. The van der Waals surface area contributed by atoms with Crippen molar-refractivity contribution in [3.8, 4) is 0 Å². The van der Waals surface area contributed by atoms with E-state index >= 15 is 0 Å². The summed E-state index contributed by atoms with van der Waals surface area (Å²) in [5, 5.41) is 36.1. The standard InChI is InChI=1S/C21H44N2O3.C21H44N2O2/c1-4-6-7-8-9-10-11-12-13-14-15-16-17-18-21(24)22-20(5-2)19(3)23(25)26;1-3-5-6-7-8-9-10-11-12-13-14-15-16-17-21(25)23-20(4-2)22-18-19-24/h19-20,25-26H,4-18H2,1-3H3,(H,22,24);20,22,24H,3-19H2,1-2H3,(H,23,25). The molecule has 3 unspecified atom stereocenters. The first kappa shape index (κ1) is 51.8. The van der Waals surface area contributed by atoms with E-state index in [2.05, 4.69) is 29.8 Å². The van der Waals surface area contributed by atoms with Gasteiger partial charge in [-0.1, -0.05) is 187 Å². The molecule has 0 saturated carbocycles. The fourth-order valence-corrected chi connectivity index (χ4v) is 6.41. The Morgan fingerprint density at radius 1 is 0.510 bits per heavy atom. The lowest BCUT2D eigenvalue weighted by Gasteiger charge is -2.26. The lowest BCUT2D eigenvalue weighted by atomic mass is 10.0. The lowest BCUT2D eigenvalue weighted by molar-refractivity contribution is -0.332. The molecule has 0 aromatic heterocycles. The Morgan fingerprint density at radius 2 is 0.843 bits per heavy atom. The van der Waals surface area contributed by atoms with Crippen molar-refractivity contribution in [1.29, 1.82) is 0 Å². The predicted octanol–water partition coefficient (Wildman–Crippen LogP) is 10.7. The van der Waals surface area contributed by atoms with Gasteiger partial charge in [0.2, 0.25) is 11.8 Å². The second kappa shape index (κ2) is 41.5. The van der Waals surface area contributed by atoms with Crippen molar-refractivity contribution in [1.82, 2.24) is 21.2 Å². The van der Waals surface area contributed by atoms with Crippen LogP contribution in [0.4, 0.5) is 0 Å². The molecule has 0 radical (unpaired) electrons. The van der Waals surface area contributed by atoms with Gasteiger partial charge in [-0.3, -0.25) is 25.3 Å². The monoisotopic (exact) mass is 729 g/mol. The summed E-state index contributed by atoms with van der Waals surface area (Å²) in [5.41, 5.74) is 0. The van der Waals surface area contributed by atoms with E-state index < -0.39 is 6.04 Å². The molecule has 0 heterocycles. The zero-order valence-corrected chi connectivity index (χ0v) is 34.5. The Hall–Kier alpha value is -1.26. The number of nitrogens with one attached hydrogen (secondary N) is 3. The summed E-state index contributed by atoms with van der Waals surface area (Å²) >= 11 is 0. The maximum absolute atomic E-state index is 11.9. The third-order valence-electron chi connectivity index (χ3n) is 9.99. The van der Waals surface area contributed by atoms with Gasteiger partial charge in [0.15, 0.2) is 0 Å². The minimum atomic E-state index is -0.504. The number of carbonyl (C=O) groups is 2. The summed E-state index contributed by atoms with van der Waals surface area (Å²) in [7, 11) is 0. The van der Waals surface area contributed by atoms with Gasteiger partial charge in [-0.25, -0.2) is 0 Å². The van der Waals surface area contributed by atoms with Crippen molar-refractivity contribution < 1.29 is 25.1 Å². The van der Waals surface area contributed by atoms with Gasteiger partial charge in [-0.05, 0) is 32.6 Å². The molecule has 0 aromatic rings. The first-order valence-corrected chi connectivity index (χ1v) is 21.9. The number of aliphatic hydroxyl groups is 1. The Morgan fingerprint density at radius 3 is 1.14 bits per heavy atom. The highest BCUT2D eigenvalue weighted by atomic mass is 16.8. The SMILES string of the molecule is CCCCCCCCCCCCCCCC(=O)NC(CC)C(C)N(O)O.CCCCCCCCCCCCCCCC(=O)NC(CC)NCCO. The van der Waals surface area contributed by atoms with Crippen LogP contribution >= 0.6 is 0 Å². The first-order valence-electron chi connectivity index (χ1n) is 21.9. The normalized spacial score (nSPS) is 13.0. The summed E-state index contributed by atoms with van der Waals surface area (Å²) in [4.78, 5) is 23.8. The molecule has 2 amide bonds. The number of nitrogens with zero attached hydrogens (tertiary/aromatic N) is 1. The Labute approximate surface area is 316 Å². The number of rotatable bonds is 37. The highest BCUT2D eigenvalue weighted by Gasteiger charge is 2.21. The molecule has 0 saturated heterocycles. The van der Waals surface area contributed by atoms with E-state index in [1.165, 1.54) is 141 Å². The highest BCUT2D eigenvalue weighted by molar-refractivity contribution is 5.76. The quantitative estimate of drug-likeness (QED) is 0.0213. The average molecular weight is 729 g/mol. The zero-order valence-electron chi connectivity index (χ0n) is 34.5. The van der Waals surface area contributed by atoms with Crippen molar-refractivity contribution in [3.63, 3.8) is 0 Å². The van der Waals surface area contributed by atoms with E-state index in [1.807, 2.05) is 13.8 Å². The van der Waals surface area contributed by atoms with Gasteiger partial charge >= 0.3 is 0 Å². The third-order valence-corrected chi connectivity index (χ3v) is 9.99. The largest absolute Gasteiger partial charge is 0.395 e. The topological polar surface area (TPSA) is 134 Å². The molecule has 9 heteroatoms. The van der Waals surface area contributed by atoms with Crippen molar-refractivity contribution in [3.05, 3.63) is 0 Å². The van der Waals surface area contributed by atoms with Crippen molar-refractivity contribution in [2.75, 3.05) is 13.2 Å². The highest BCUT2D eigenvalue weighted by Crippen LogP contribution is 2.14. The number of aliphatic hydroxyl groups excluding tert-OH is 1. The minimum absolute atomic E-state index is 0.00798. The molecule has 0 rings (SSSR count). The molecule has 51 heavy (non-hydrogen) atoms. The summed E-state index contributed by atoms with van der Waals surface area (Å²) in [6.07, 6.45) is 36.7. The van der Waals surface area contributed by atoms with Crippen LogP contribution in [0.3, 0.4) is 0 Å². The van der Waals surface area contributed by atoms with Gasteiger partial charge in [-0.15, -0.1) is 0 Å². The summed E-state index contributed by atoms with van der Waals surface area (Å²) in [6, 6.07) is -0.741. The molecular weight excluding hydrogens is 640 g/mol. The second-order valence-corrected chi connectivity index (χ2v) is 14.8. The van der Waals surface area contributed by atoms with E-state index in [4.69, 9.17) is 15.5 Å². The molecule has 0 aromatic carbocycles. The first-order chi connectivity index (χ1) is 24.8. The van der Waals surface area contributed by atoms with Gasteiger partial charge in [0.05, 0.1) is 18.8 Å². The van der Waals surface area contributed by atoms with Gasteiger partial charge < -0.3 is 15.7 Å². The Bertz CT molecular complexity index is 727. The van der Waals surface area contributed by atoms with Gasteiger partial charge in [-0.2, -0.15) is 0 Å². The second-order valence-electron chi connectivity index (χ2n) is 14.8. The molecule has 3 atom stereocenters. The fraction of sp³-hybridized carbons (Fsp3) is 0.952. The fourth-order valence-electron chi connectivity index (χ4n) is 6.41. The molecular formula is C42H88N4O5. The molecule has 6 N–H and O–H groups in total. The molecule has 0 aliphatic rings. The number of unbranched alkanes of at least 4 members (excludes halogenated alkanes) is 24. The number of hydrogen-bond donors (Lipinski definition) is 6. The van der Waals surface area contributed by atoms with Gasteiger partial charge in [0.1, 0.15) is 0 Å². The molecule has 0 fully saturated rings. The summed E-state index contributed by atoms with van der Waals surface area (Å²) < 4.78 is 0. The van der Waals surface area contributed by atoms with Crippen LogP contribution in [-0.2, 0) is 9.59 Å². The number of amides is 2. The van der Waals surface area contributed by atoms with Crippen molar-refractivity contribution >= 4 is 11.8 Å². The molecule has 0 aliphatic heterocycles. The van der Waals surface area contributed by atoms with Crippen LogP contribution in [0.1, 0.15) is 227 Å². The third kappa shape index (κ3) is 38.3. The van der Waals surface area contributed by atoms with E-state index in [0.29, 0.717) is 25.8 Å². The van der Waals surface area contributed by atoms with Gasteiger partial charge in [0, 0.05) is 25.4 Å². The van der Waals surface area contributed by atoms with Crippen LogP contribution in [0.15, 0.2) is 0 Å². The van der Waals surface area contributed by atoms with Crippen LogP contribution in [0, 0.1) is 0 Å². The number of hydroxylamine groups is 2. The molecule has 0 aliphatic carbocycles.